The highest BCUT2D eigenvalue weighted by molar-refractivity contribution is 5.80. The van der Waals surface area contributed by atoms with Crippen LogP contribution in [0.2, 0.25) is 0 Å². The molecular weight excluding hydrogens is 264 g/mol. The fourth-order valence-electron chi connectivity index (χ4n) is 2.13. The van der Waals surface area contributed by atoms with Gasteiger partial charge in [-0.15, -0.1) is 0 Å². The summed E-state index contributed by atoms with van der Waals surface area (Å²) in [5, 5.41) is 3.09. The van der Waals surface area contributed by atoms with Crippen LogP contribution in [0.25, 0.3) is 0 Å². The molecule has 21 heavy (non-hydrogen) atoms. The van der Waals surface area contributed by atoms with Crippen LogP contribution in [0.1, 0.15) is 32.8 Å². The van der Waals surface area contributed by atoms with Crippen molar-refractivity contribution in [2.24, 2.45) is 0 Å². The second-order valence-corrected chi connectivity index (χ2v) is 5.49. The molecule has 0 radical (unpaired) electrons. The predicted octanol–water partition coefficient (Wildman–Crippen LogP) is 2.62. The van der Waals surface area contributed by atoms with Gasteiger partial charge in [0, 0.05) is 19.3 Å². The zero-order valence-corrected chi connectivity index (χ0v) is 13.9. The number of esters is 1. The average Bonchev–Trinajstić information content (AvgIpc) is 2.52. The molecule has 0 amide bonds. The normalized spacial score (nSPS) is 13.6. The predicted molar refractivity (Wildman–Crippen MR) is 87.8 cm³/mol. The fourth-order valence-corrected chi connectivity index (χ4v) is 2.13. The number of hydrogen-bond acceptors (Lipinski definition) is 4. The molecule has 0 spiro atoms. The van der Waals surface area contributed by atoms with E-state index in [1.165, 1.54) is 5.56 Å². The molecule has 0 aromatic heterocycles. The maximum Gasteiger partial charge on any atom is 0.326 e. The van der Waals surface area contributed by atoms with Crippen molar-refractivity contribution in [3.63, 3.8) is 0 Å². The standard InChI is InChI=1S/C17H28N2O2/c1-6-14-8-10-15(11-9-14)19(5)13-12-17(3,18-4)16(20)21-7-2/h8-11,18H,6-7,12-13H2,1-5H3. The van der Waals surface area contributed by atoms with Crippen molar-refractivity contribution in [3.05, 3.63) is 29.8 Å². The van der Waals surface area contributed by atoms with Crippen LogP contribution in [0.15, 0.2) is 24.3 Å². The minimum atomic E-state index is -0.645. The Morgan fingerprint density at radius 2 is 1.90 bits per heavy atom. The lowest BCUT2D eigenvalue weighted by atomic mass is 9.98. The maximum atomic E-state index is 12.0. The summed E-state index contributed by atoms with van der Waals surface area (Å²) in [7, 11) is 3.84. The summed E-state index contributed by atoms with van der Waals surface area (Å²) in [6.07, 6.45) is 1.74. The molecule has 4 nitrogen and oxygen atoms in total. The summed E-state index contributed by atoms with van der Waals surface area (Å²) in [5.41, 5.74) is 1.85. The number of hydrogen-bond donors (Lipinski definition) is 1. The second kappa shape index (κ2) is 8.03. The van der Waals surface area contributed by atoms with Crippen LogP contribution >= 0.6 is 0 Å². The molecule has 118 valence electrons. The highest BCUT2D eigenvalue weighted by Crippen LogP contribution is 2.18. The van der Waals surface area contributed by atoms with Crippen molar-refractivity contribution in [3.8, 4) is 0 Å². The van der Waals surface area contributed by atoms with Gasteiger partial charge in [0.25, 0.3) is 0 Å². The molecule has 0 aliphatic carbocycles. The van der Waals surface area contributed by atoms with Gasteiger partial charge in [-0.3, -0.25) is 4.79 Å². The van der Waals surface area contributed by atoms with Crippen molar-refractivity contribution < 1.29 is 9.53 Å². The molecule has 0 fully saturated rings. The molecule has 0 aliphatic rings. The molecule has 0 saturated carbocycles. The van der Waals surface area contributed by atoms with Crippen LogP contribution in [-0.2, 0) is 16.0 Å². The Morgan fingerprint density at radius 3 is 2.38 bits per heavy atom. The quantitative estimate of drug-likeness (QED) is 0.748. The molecule has 1 unspecified atom stereocenters. The number of carbonyl (C=O) groups excluding carboxylic acids is 1. The fraction of sp³-hybridized carbons (Fsp3) is 0.588. The third kappa shape index (κ3) is 4.74. The lowest BCUT2D eigenvalue weighted by Gasteiger charge is -2.29. The minimum absolute atomic E-state index is 0.192. The lowest BCUT2D eigenvalue weighted by Crippen LogP contribution is -2.50. The molecule has 1 N–H and O–H groups in total. The van der Waals surface area contributed by atoms with E-state index in [0.29, 0.717) is 13.0 Å². The van der Waals surface area contributed by atoms with E-state index in [9.17, 15) is 4.79 Å². The number of anilines is 1. The Bertz CT molecular complexity index is 445. The van der Waals surface area contributed by atoms with Crippen molar-refractivity contribution >= 4 is 11.7 Å². The van der Waals surface area contributed by atoms with Gasteiger partial charge in [0.1, 0.15) is 5.54 Å². The summed E-state index contributed by atoms with van der Waals surface area (Å²) >= 11 is 0. The smallest absolute Gasteiger partial charge is 0.326 e. The van der Waals surface area contributed by atoms with Crippen LogP contribution in [0.5, 0.6) is 0 Å². The first-order valence-electron chi connectivity index (χ1n) is 7.63. The van der Waals surface area contributed by atoms with Crippen LogP contribution in [0.3, 0.4) is 0 Å². The summed E-state index contributed by atoms with van der Waals surface area (Å²) < 4.78 is 5.15. The Kier molecular flexibility index (Phi) is 6.69. The van der Waals surface area contributed by atoms with E-state index in [0.717, 1.165) is 18.7 Å². The number of nitrogens with one attached hydrogen (secondary N) is 1. The molecule has 1 aromatic rings. The highest BCUT2D eigenvalue weighted by Gasteiger charge is 2.32. The van der Waals surface area contributed by atoms with Gasteiger partial charge in [-0.25, -0.2) is 0 Å². The summed E-state index contributed by atoms with van der Waals surface area (Å²) in [5.74, 6) is -0.192. The Hall–Kier alpha value is -1.55. The number of carbonyl (C=O) groups is 1. The van der Waals surface area contributed by atoms with Crippen LogP contribution in [-0.4, -0.2) is 38.8 Å². The van der Waals surface area contributed by atoms with Gasteiger partial charge < -0.3 is 15.0 Å². The van der Waals surface area contributed by atoms with Crippen LogP contribution in [0.4, 0.5) is 5.69 Å². The van der Waals surface area contributed by atoms with Gasteiger partial charge in [-0.2, -0.15) is 0 Å². The molecular formula is C17H28N2O2. The van der Waals surface area contributed by atoms with Crippen molar-refractivity contribution in [1.82, 2.24) is 5.32 Å². The largest absolute Gasteiger partial charge is 0.465 e. The van der Waals surface area contributed by atoms with Crippen LogP contribution < -0.4 is 10.2 Å². The first-order valence-corrected chi connectivity index (χ1v) is 7.63. The Labute approximate surface area is 128 Å². The summed E-state index contributed by atoms with van der Waals surface area (Å²) in [4.78, 5) is 14.2. The number of aryl methyl sites for hydroxylation is 1. The van der Waals surface area contributed by atoms with E-state index >= 15 is 0 Å². The van der Waals surface area contributed by atoms with E-state index in [1.807, 2.05) is 20.9 Å². The van der Waals surface area contributed by atoms with Crippen molar-refractivity contribution in [1.29, 1.82) is 0 Å². The van der Waals surface area contributed by atoms with E-state index in [2.05, 4.69) is 41.4 Å². The van der Waals surface area contributed by atoms with Gasteiger partial charge in [0.05, 0.1) is 6.61 Å². The summed E-state index contributed by atoms with van der Waals surface area (Å²) in [6, 6.07) is 8.54. The molecule has 0 bridgehead atoms. The lowest BCUT2D eigenvalue weighted by molar-refractivity contribution is -0.150. The monoisotopic (exact) mass is 292 g/mol. The number of rotatable bonds is 8. The number of likely N-dealkylation sites (N-methyl/N-ethyl adjacent to an activating group) is 1. The Balaban J connectivity index is 2.64. The van der Waals surface area contributed by atoms with Gasteiger partial charge >= 0.3 is 5.97 Å². The molecule has 1 atom stereocenters. The molecule has 1 aromatic carbocycles. The van der Waals surface area contributed by atoms with Crippen LogP contribution in [0, 0.1) is 0 Å². The zero-order chi connectivity index (χ0) is 15.9. The molecule has 0 heterocycles. The highest BCUT2D eigenvalue weighted by atomic mass is 16.5. The molecule has 0 aliphatic heterocycles. The second-order valence-electron chi connectivity index (χ2n) is 5.49. The van der Waals surface area contributed by atoms with E-state index in [-0.39, 0.29) is 5.97 Å². The molecule has 4 heteroatoms. The minimum Gasteiger partial charge on any atom is -0.465 e. The molecule has 0 saturated heterocycles. The SMILES string of the molecule is CCOC(=O)C(C)(CCN(C)c1ccc(CC)cc1)NC. The number of nitrogens with zero attached hydrogens (tertiary/aromatic N) is 1. The number of ether oxygens (including phenoxy) is 1. The topological polar surface area (TPSA) is 41.6 Å². The zero-order valence-electron chi connectivity index (χ0n) is 13.9. The van der Waals surface area contributed by atoms with Gasteiger partial charge in [0.15, 0.2) is 0 Å². The van der Waals surface area contributed by atoms with E-state index < -0.39 is 5.54 Å². The maximum absolute atomic E-state index is 12.0. The number of benzene rings is 1. The van der Waals surface area contributed by atoms with Crippen molar-refractivity contribution in [2.75, 3.05) is 32.1 Å². The van der Waals surface area contributed by atoms with Crippen molar-refractivity contribution in [2.45, 2.75) is 39.2 Å². The average molecular weight is 292 g/mol. The third-order valence-corrected chi connectivity index (χ3v) is 4.01. The summed E-state index contributed by atoms with van der Waals surface area (Å²) in [6.45, 7) is 7.05. The van der Waals surface area contributed by atoms with E-state index in [4.69, 9.17) is 4.74 Å². The van der Waals surface area contributed by atoms with Gasteiger partial charge in [0.2, 0.25) is 0 Å². The first kappa shape index (κ1) is 17.5. The third-order valence-electron chi connectivity index (χ3n) is 4.01. The van der Waals surface area contributed by atoms with Gasteiger partial charge in [-0.1, -0.05) is 19.1 Å². The van der Waals surface area contributed by atoms with E-state index in [1.54, 1.807) is 7.05 Å². The first-order chi connectivity index (χ1) is 9.96. The molecule has 1 rings (SSSR count). The Morgan fingerprint density at radius 1 is 1.29 bits per heavy atom. The van der Waals surface area contributed by atoms with Gasteiger partial charge in [-0.05, 0) is 51.4 Å².